The summed E-state index contributed by atoms with van der Waals surface area (Å²) < 4.78 is 96.6. The van der Waals surface area contributed by atoms with Crippen LogP contribution in [0.1, 0.15) is 0 Å². The van der Waals surface area contributed by atoms with Crippen LogP contribution in [0.3, 0.4) is 0 Å². The van der Waals surface area contributed by atoms with Crippen molar-refractivity contribution < 1.29 is 54.2 Å². The first-order valence-corrected chi connectivity index (χ1v) is 12.5. The second-order valence-corrected chi connectivity index (χ2v) is 10.6. The Morgan fingerprint density at radius 1 is 0.636 bits per heavy atom. The number of phenolic OH excluding ortho intramolecular Hbond substituents is 3. The lowest BCUT2D eigenvalue weighted by molar-refractivity contribution is 0.457. The lowest BCUT2D eigenvalue weighted by Gasteiger charge is -2.11. The van der Waals surface area contributed by atoms with Crippen molar-refractivity contribution in [3.05, 3.63) is 36.4 Å². The van der Waals surface area contributed by atoms with Crippen molar-refractivity contribution in [1.29, 1.82) is 0 Å². The molecule has 0 bridgehead atoms. The van der Waals surface area contributed by atoms with Crippen molar-refractivity contribution in [2.75, 3.05) is 0 Å². The SMILES string of the molecule is O=S(=O)(O)c1ccc(O)c(N=Nc2c(S(=O)(=O)O)cc3cc(S(=O)(=O)O)cc(O)c3c2O)c1. The Kier molecular flexibility index (Phi) is 5.82. The van der Waals surface area contributed by atoms with Gasteiger partial charge in [-0.2, -0.15) is 25.3 Å². The van der Waals surface area contributed by atoms with E-state index in [9.17, 15) is 45.1 Å². The number of fused-ring (bicyclic) bond motifs is 1. The highest BCUT2D eigenvalue weighted by Crippen LogP contribution is 2.45. The van der Waals surface area contributed by atoms with Gasteiger partial charge in [-0.1, -0.05) is 0 Å². The van der Waals surface area contributed by atoms with Crippen molar-refractivity contribution in [2.24, 2.45) is 10.2 Å². The molecule has 17 heteroatoms. The van der Waals surface area contributed by atoms with Crippen LogP contribution in [-0.4, -0.2) is 54.2 Å². The highest BCUT2D eigenvalue weighted by atomic mass is 32.2. The number of rotatable bonds is 5. The molecule has 14 nitrogen and oxygen atoms in total. The summed E-state index contributed by atoms with van der Waals surface area (Å²) in [6.07, 6.45) is 0. The van der Waals surface area contributed by atoms with Crippen LogP contribution in [0.15, 0.2) is 61.3 Å². The maximum Gasteiger partial charge on any atom is 0.296 e. The van der Waals surface area contributed by atoms with Crippen LogP contribution in [-0.2, 0) is 30.4 Å². The molecule has 0 fully saturated rings. The van der Waals surface area contributed by atoms with Crippen LogP contribution in [0.2, 0.25) is 0 Å². The fourth-order valence-corrected chi connectivity index (χ4v) is 4.42. The normalized spacial score (nSPS) is 13.1. The molecule has 0 unspecified atom stereocenters. The van der Waals surface area contributed by atoms with Gasteiger partial charge in [0.15, 0.2) is 5.75 Å². The van der Waals surface area contributed by atoms with Gasteiger partial charge in [-0.25, -0.2) is 0 Å². The van der Waals surface area contributed by atoms with Gasteiger partial charge in [0, 0.05) is 6.07 Å². The predicted molar refractivity (Wildman–Crippen MR) is 109 cm³/mol. The number of aromatic hydroxyl groups is 3. The third-order valence-corrected chi connectivity index (χ3v) is 6.73. The first kappa shape index (κ1) is 24.3. The molecule has 6 N–H and O–H groups in total. The molecule has 0 heterocycles. The zero-order valence-electron chi connectivity index (χ0n) is 15.7. The Hall–Kier alpha value is -3.35. The highest BCUT2D eigenvalue weighted by molar-refractivity contribution is 7.86. The van der Waals surface area contributed by atoms with E-state index in [4.69, 9.17) is 9.11 Å². The summed E-state index contributed by atoms with van der Waals surface area (Å²) in [4.78, 5) is -2.68. The van der Waals surface area contributed by atoms with E-state index in [1.165, 1.54) is 0 Å². The third kappa shape index (κ3) is 4.87. The Bertz CT molecular complexity index is 1660. The molecule has 176 valence electrons. The minimum atomic E-state index is -5.16. The predicted octanol–water partition coefficient (Wildman–Crippen LogP) is 2.11. The topological polar surface area (TPSA) is 249 Å². The Labute approximate surface area is 185 Å². The average Bonchev–Trinajstić information content (AvgIpc) is 2.65. The first-order valence-electron chi connectivity index (χ1n) is 8.20. The van der Waals surface area contributed by atoms with Gasteiger partial charge in [0.25, 0.3) is 30.4 Å². The first-order chi connectivity index (χ1) is 15.0. The number of hydrogen-bond donors (Lipinski definition) is 6. The lowest BCUT2D eigenvalue weighted by Crippen LogP contribution is -2.01. The van der Waals surface area contributed by atoms with E-state index in [1.807, 2.05) is 0 Å². The Morgan fingerprint density at radius 2 is 1.24 bits per heavy atom. The third-order valence-electron chi connectivity index (χ3n) is 4.18. The second kappa shape index (κ2) is 7.90. The van der Waals surface area contributed by atoms with Gasteiger partial charge in [0.05, 0.1) is 15.2 Å². The van der Waals surface area contributed by atoms with Crippen LogP contribution in [0.25, 0.3) is 10.8 Å². The Morgan fingerprint density at radius 3 is 1.79 bits per heavy atom. The van der Waals surface area contributed by atoms with E-state index in [-0.39, 0.29) is 0 Å². The summed E-state index contributed by atoms with van der Waals surface area (Å²) in [5.41, 5.74) is -1.58. The molecule has 33 heavy (non-hydrogen) atoms. The summed E-state index contributed by atoms with van der Waals surface area (Å²) in [7, 11) is -14.7. The van der Waals surface area contributed by atoms with Gasteiger partial charge in [0.2, 0.25) is 0 Å². The molecule has 0 aliphatic carbocycles. The molecule has 0 aliphatic heterocycles. The standard InChI is InChI=1S/C16H12N2O12S3/c19-11-2-1-8(31(22,23)24)5-10(11)17-18-15-13(33(28,29)30)4-7-3-9(32(25,26)27)6-12(20)14(7)16(15)21/h1-6,19-21H,(H,22,23,24)(H,25,26,27)(H,28,29,30). The van der Waals surface area contributed by atoms with Crippen LogP contribution >= 0.6 is 0 Å². The van der Waals surface area contributed by atoms with Crippen molar-refractivity contribution in [3.8, 4) is 17.2 Å². The van der Waals surface area contributed by atoms with Crippen LogP contribution in [0.5, 0.6) is 17.2 Å². The quantitative estimate of drug-likeness (QED) is 0.209. The van der Waals surface area contributed by atoms with Gasteiger partial charge in [-0.05, 0) is 35.7 Å². The van der Waals surface area contributed by atoms with Gasteiger partial charge in [-0.3, -0.25) is 13.7 Å². The zero-order chi connectivity index (χ0) is 24.9. The molecular formula is C16H12N2O12S3. The van der Waals surface area contributed by atoms with Crippen molar-refractivity contribution in [3.63, 3.8) is 0 Å². The lowest BCUT2D eigenvalue weighted by atomic mass is 10.1. The Balaban J connectivity index is 2.34. The van der Waals surface area contributed by atoms with Crippen molar-refractivity contribution in [1.82, 2.24) is 0 Å². The van der Waals surface area contributed by atoms with Crippen LogP contribution in [0.4, 0.5) is 11.4 Å². The molecule has 0 saturated heterocycles. The monoisotopic (exact) mass is 520 g/mol. The maximum absolute atomic E-state index is 11.8. The van der Waals surface area contributed by atoms with Crippen molar-refractivity contribution >= 4 is 52.5 Å². The number of phenols is 3. The smallest absolute Gasteiger partial charge is 0.296 e. The summed E-state index contributed by atoms with van der Waals surface area (Å²) in [5.74, 6) is -2.69. The average molecular weight is 520 g/mol. The van der Waals surface area contributed by atoms with Gasteiger partial charge in [-0.15, -0.1) is 10.2 Å². The van der Waals surface area contributed by atoms with Crippen LogP contribution in [0, 0.1) is 0 Å². The number of benzene rings is 3. The molecular weight excluding hydrogens is 508 g/mol. The summed E-state index contributed by atoms with van der Waals surface area (Å²) in [6, 6.07) is 4.17. The second-order valence-electron chi connectivity index (χ2n) is 6.39. The van der Waals surface area contributed by atoms with Gasteiger partial charge >= 0.3 is 0 Å². The largest absolute Gasteiger partial charge is 0.507 e. The maximum atomic E-state index is 11.8. The van der Waals surface area contributed by atoms with E-state index in [2.05, 4.69) is 10.2 Å². The summed E-state index contributed by atoms with van der Waals surface area (Å²) in [5, 5.41) is 36.3. The molecule has 3 rings (SSSR count). The van der Waals surface area contributed by atoms with E-state index in [0.717, 1.165) is 12.1 Å². The molecule has 0 spiro atoms. The minimum absolute atomic E-state index is 0.442. The summed E-state index contributed by atoms with van der Waals surface area (Å²) in [6.45, 7) is 0. The van der Waals surface area contributed by atoms with E-state index < -0.39 is 84.4 Å². The van der Waals surface area contributed by atoms with E-state index >= 15 is 0 Å². The molecule has 0 aliphatic rings. The molecule has 0 saturated carbocycles. The number of nitrogens with zero attached hydrogens (tertiary/aromatic N) is 2. The summed E-state index contributed by atoms with van der Waals surface area (Å²) >= 11 is 0. The minimum Gasteiger partial charge on any atom is -0.507 e. The van der Waals surface area contributed by atoms with E-state index in [1.54, 1.807) is 0 Å². The van der Waals surface area contributed by atoms with Crippen molar-refractivity contribution in [2.45, 2.75) is 14.7 Å². The molecule has 0 radical (unpaired) electrons. The fraction of sp³-hybridized carbons (Fsp3) is 0. The van der Waals surface area contributed by atoms with Gasteiger partial charge in [0.1, 0.15) is 27.8 Å². The van der Waals surface area contributed by atoms with Gasteiger partial charge < -0.3 is 15.3 Å². The van der Waals surface area contributed by atoms with Crippen LogP contribution < -0.4 is 0 Å². The molecule has 0 atom stereocenters. The number of azo groups is 1. The molecule has 0 aromatic heterocycles. The molecule has 3 aromatic carbocycles. The zero-order valence-corrected chi connectivity index (χ0v) is 18.2. The van der Waals surface area contributed by atoms with E-state index in [0.29, 0.717) is 24.3 Å². The highest BCUT2D eigenvalue weighted by Gasteiger charge is 2.25. The molecule has 0 amide bonds. The number of hydrogen-bond acceptors (Lipinski definition) is 11. The fourth-order valence-electron chi connectivity index (χ4n) is 2.73. The molecule has 3 aromatic rings.